The van der Waals surface area contributed by atoms with Crippen molar-refractivity contribution in [1.82, 2.24) is 9.62 Å². The third kappa shape index (κ3) is 8.06. The third-order valence-electron chi connectivity index (χ3n) is 6.67. The molecule has 1 fully saturated rings. The number of amides is 1. The van der Waals surface area contributed by atoms with Crippen LogP contribution in [0.1, 0.15) is 29.6 Å². The number of halogens is 3. The summed E-state index contributed by atoms with van der Waals surface area (Å²) in [5.74, 6) is -0.603. The first kappa shape index (κ1) is 31.9. The average Bonchev–Trinajstić information content (AvgIpc) is 3.48. The number of nitrogens with zero attached hydrogens (tertiary/aromatic N) is 1. The number of nitrogens with one attached hydrogen (secondary N) is 2. The largest absolute Gasteiger partial charge is 0.501 e. The summed E-state index contributed by atoms with van der Waals surface area (Å²) in [4.78, 5) is 13.6. The minimum Gasteiger partial charge on any atom is -0.380 e. The van der Waals surface area contributed by atoms with Crippen molar-refractivity contribution in [1.29, 1.82) is 0 Å². The Balaban J connectivity index is 1.65. The molecule has 3 aromatic rings. The molecule has 4 rings (SSSR count). The van der Waals surface area contributed by atoms with Crippen molar-refractivity contribution in [2.45, 2.75) is 45.5 Å². The molecule has 0 spiro atoms. The van der Waals surface area contributed by atoms with E-state index in [1.54, 1.807) is 10.8 Å². The van der Waals surface area contributed by atoms with Crippen molar-refractivity contribution < 1.29 is 34.8 Å². The minimum atomic E-state index is -5.97. The normalized spacial score (nSPS) is 15.3. The number of thioether (sulfide) groups is 1. The van der Waals surface area contributed by atoms with Gasteiger partial charge < -0.3 is 10.2 Å². The maximum Gasteiger partial charge on any atom is 0.501 e. The first-order chi connectivity index (χ1) is 19.9. The Morgan fingerprint density at radius 3 is 2.14 bits per heavy atom. The Morgan fingerprint density at radius 1 is 0.905 bits per heavy atom. The van der Waals surface area contributed by atoms with Gasteiger partial charge in [-0.2, -0.15) is 13.2 Å². The molecule has 1 aliphatic rings. The van der Waals surface area contributed by atoms with E-state index in [1.165, 1.54) is 36.0 Å². The van der Waals surface area contributed by atoms with Gasteiger partial charge in [0.2, 0.25) is 0 Å². The van der Waals surface area contributed by atoms with Crippen molar-refractivity contribution in [2.24, 2.45) is 0 Å². The van der Waals surface area contributed by atoms with Crippen LogP contribution < -0.4 is 10.0 Å². The molecule has 1 heterocycles. The molecule has 42 heavy (non-hydrogen) atoms. The molecule has 3 aromatic carbocycles. The van der Waals surface area contributed by atoms with E-state index >= 15 is 0 Å². The summed E-state index contributed by atoms with van der Waals surface area (Å²) in [6, 6.07) is 18.7. The fourth-order valence-corrected chi connectivity index (χ4v) is 7.46. The highest BCUT2D eigenvalue weighted by Gasteiger charge is 2.48. The van der Waals surface area contributed by atoms with Crippen LogP contribution in [-0.4, -0.2) is 64.6 Å². The van der Waals surface area contributed by atoms with Crippen LogP contribution in [0, 0.1) is 0 Å². The second kappa shape index (κ2) is 13.5. The van der Waals surface area contributed by atoms with Gasteiger partial charge in [-0.3, -0.25) is 4.79 Å². The molecule has 1 aliphatic heterocycles. The summed E-state index contributed by atoms with van der Waals surface area (Å²) in [6.45, 7) is 2.48. The molecular weight excluding hydrogens is 612 g/mol. The molecule has 1 amide bonds. The maximum absolute atomic E-state index is 13.8. The number of anilines is 1. The van der Waals surface area contributed by atoms with E-state index in [1.807, 2.05) is 30.3 Å². The molecule has 0 bridgehead atoms. The summed E-state index contributed by atoms with van der Waals surface area (Å²) in [7, 11) is -10.7. The molecule has 14 heteroatoms. The topological polar surface area (TPSA) is 113 Å². The summed E-state index contributed by atoms with van der Waals surface area (Å²) in [5.41, 5.74) is -6.07. The Hall–Kier alpha value is -3.07. The van der Waals surface area contributed by atoms with Crippen LogP contribution in [0.4, 0.5) is 18.9 Å². The van der Waals surface area contributed by atoms with Gasteiger partial charge >= 0.3 is 5.51 Å². The van der Waals surface area contributed by atoms with Gasteiger partial charge in [0.25, 0.3) is 25.8 Å². The van der Waals surface area contributed by atoms with Crippen LogP contribution in [-0.2, 0) is 19.9 Å². The fourth-order valence-electron chi connectivity index (χ4n) is 4.44. The first-order valence-electron chi connectivity index (χ1n) is 13.1. The number of likely N-dealkylation sites (tertiary alicyclic amines) is 1. The van der Waals surface area contributed by atoms with Crippen molar-refractivity contribution in [2.75, 3.05) is 30.7 Å². The highest BCUT2D eigenvalue weighted by atomic mass is 32.2. The predicted octanol–water partition coefficient (Wildman–Crippen LogP) is 5.16. The second-order valence-corrected chi connectivity index (χ2v) is 14.4. The van der Waals surface area contributed by atoms with E-state index in [0.29, 0.717) is 24.8 Å². The summed E-state index contributed by atoms with van der Waals surface area (Å²) in [6.07, 6.45) is 2.63. The van der Waals surface area contributed by atoms with Crippen LogP contribution in [0.5, 0.6) is 0 Å². The SMILES string of the molecule is O=C(NS(=O)(=O)c1ccc(NC(CCN2CCCC2)CSc2ccccc2)c(S(=O)(=O)C(F)(F)F)c1)c1ccccc1. The van der Waals surface area contributed by atoms with E-state index < -0.39 is 47.1 Å². The third-order valence-corrected chi connectivity index (χ3v) is 10.7. The van der Waals surface area contributed by atoms with Crippen molar-refractivity contribution >= 4 is 43.2 Å². The zero-order chi connectivity index (χ0) is 30.4. The highest BCUT2D eigenvalue weighted by molar-refractivity contribution is 7.99. The molecule has 0 aromatic heterocycles. The average molecular weight is 642 g/mol. The van der Waals surface area contributed by atoms with Crippen LogP contribution >= 0.6 is 11.8 Å². The number of carbonyl (C=O) groups excluding carboxylic acids is 1. The van der Waals surface area contributed by atoms with Crippen LogP contribution in [0.2, 0.25) is 0 Å². The molecule has 0 saturated carbocycles. The minimum absolute atomic E-state index is 0.000687. The molecule has 226 valence electrons. The maximum atomic E-state index is 13.8. The molecule has 1 unspecified atom stereocenters. The van der Waals surface area contributed by atoms with E-state index in [2.05, 4.69) is 10.2 Å². The van der Waals surface area contributed by atoms with Gasteiger partial charge in [-0.25, -0.2) is 21.6 Å². The van der Waals surface area contributed by atoms with Crippen LogP contribution in [0.25, 0.3) is 0 Å². The monoisotopic (exact) mass is 641 g/mol. The quantitative estimate of drug-likeness (QED) is 0.261. The van der Waals surface area contributed by atoms with Gasteiger partial charge in [0.1, 0.15) is 4.90 Å². The van der Waals surface area contributed by atoms with E-state index in [0.717, 1.165) is 43.0 Å². The van der Waals surface area contributed by atoms with Crippen LogP contribution in [0.3, 0.4) is 0 Å². The summed E-state index contributed by atoms with van der Waals surface area (Å²) >= 11 is 1.47. The van der Waals surface area contributed by atoms with Crippen LogP contribution in [0.15, 0.2) is 93.5 Å². The molecule has 8 nitrogen and oxygen atoms in total. The van der Waals surface area contributed by atoms with E-state index in [4.69, 9.17) is 0 Å². The highest BCUT2D eigenvalue weighted by Crippen LogP contribution is 2.36. The lowest BCUT2D eigenvalue weighted by Gasteiger charge is -2.25. The predicted molar refractivity (Wildman–Crippen MR) is 156 cm³/mol. The molecule has 0 radical (unpaired) electrons. The Bertz CT molecular complexity index is 1580. The zero-order valence-corrected chi connectivity index (χ0v) is 24.8. The smallest absolute Gasteiger partial charge is 0.380 e. The molecule has 0 aliphatic carbocycles. The number of rotatable bonds is 12. The number of hydrogen-bond donors (Lipinski definition) is 2. The van der Waals surface area contributed by atoms with Gasteiger partial charge in [0, 0.05) is 28.8 Å². The molecule has 2 N–H and O–H groups in total. The Morgan fingerprint density at radius 2 is 1.52 bits per heavy atom. The lowest BCUT2D eigenvalue weighted by atomic mass is 10.2. The lowest BCUT2D eigenvalue weighted by molar-refractivity contribution is -0.0435. The van der Waals surface area contributed by atoms with Gasteiger partial charge in [-0.05, 0) is 74.8 Å². The van der Waals surface area contributed by atoms with Crippen molar-refractivity contribution in [3.63, 3.8) is 0 Å². The fraction of sp³-hybridized carbons (Fsp3) is 0.321. The van der Waals surface area contributed by atoms with E-state index in [-0.39, 0.29) is 11.3 Å². The number of hydrogen-bond acceptors (Lipinski definition) is 8. The second-order valence-electron chi connectivity index (χ2n) is 9.71. The number of benzene rings is 3. The van der Waals surface area contributed by atoms with Gasteiger partial charge in [0.15, 0.2) is 0 Å². The Labute approximate surface area is 247 Å². The number of carbonyl (C=O) groups is 1. The Kier molecular flexibility index (Phi) is 10.2. The molecular formula is C28H30F3N3O5S3. The van der Waals surface area contributed by atoms with E-state index in [9.17, 15) is 34.8 Å². The number of sulfone groups is 1. The summed E-state index contributed by atoms with van der Waals surface area (Å²) in [5, 5.41) is 2.96. The standard InChI is InChI=1S/C28H30F3N3O5S3/c29-28(30,31)41(36,37)26-19-24(42(38,39)33-27(35)21-9-3-1-4-10-21)13-14-25(26)32-22(15-18-34-16-7-8-17-34)20-40-23-11-5-2-6-12-23/h1-6,9-14,19,22,32H,7-8,15-18,20H2,(H,33,35). The van der Waals surface area contributed by atoms with Gasteiger partial charge in [-0.15, -0.1) is 11.8 Å². The number of sulfonamides is 1. The molecule has 1 saturated heterocycles. The lowest BCUT2D eigenvalue weighted by Crippen LogP contribution is -2.32. The van der Waals surface area contributed by atoms with Crippen molar-refractivity contribution in [3.8, 4) is 0 Å². The summed E-state index contributed by atoms with van der Waals surface area (Å²) < 4.78 is 94.3. The van der Waals surface area contributed by atoms with Gasteiger partial charge in [0.05, 0.1) is 10.6 Å². The number of alkyl halides is 3. The molecule has 1 atom stereocenters. The van der Waals surface area contributed by atoms with Gasteiger partial charge in [-0.1, -0.05) is 36.4 Å². The van der Waals surface area contributed by atoms with Crippen molar-refractivity contribution in [3.05, 3.63) is 84.4 Å². The zero-order valence-electron chi connectivity index (χ0n) is 22.4. The first-order valence-corrected chi connectivity index (χ1v) is 17.1.